The molecule has 0 aromatic heterocycles. The number of nitrogens with zero attached hydrogens (tertiary/aromatic N) is 3. The third-order valence-corrected chi connectivity index (χ3v) is 5.25. The second kappa shape index (κ2) is 8.20. The lowest BCUT2D eigenvalue weighted by molar-refractivity contribution is -0.135. The van der Waals surface area contributed by atoms with Crippen molar-refractivity contribution in [3.8, 4) is 0 Å². The molecule has 0 N–H and O–H groups in total. The fourth-order valence-electron chi connectivity index (χ4n) is 3.66. The highest BCUT2D eigenvalue weighted by Crippen LogP contribution is 2.33. The van der Waals surface area contributed by atoms with Gasteiger partial charge >= 0.3 is 0 Å². The average molecular weight is 381 g/mol. The molecular formula is C22H24FN3O2. The Labute approximate surface area is 164 Å². The molecule has 6 heteroatoms. The molecule has 2 aromatic rings. The second-order valence-corrected chi connectivity index (χ2v) is 7.31. The summed E-state index contributed by atoms with van der Waals surface area (Å²) in [6.07, 6.45) is 0.571. The van der Waals surface area contributed by atoms with Crippen LogP contribution in [-0.4, -0.2) is 54.4 Å². The van der Waals surface area contributed by atoms with Gasteiger partial charge in [-0.2, -0.15) is 5.10 Å². The molecule has 0 radical (unpaired) electrons. The lowest BCUT2D eigenvalue weighted by Gasteiger charge is -2.29. The quantitative estimate of drug-likeness (QED) is 0.817. The van der Waals surface area contributed by atoms with Crippen LogP contribution in [0.25, 0.3) is 0 Å². The van der Waals surface area contributed by atoms with Gasteiger partial charge in [-0.1, -0.05) is 42.0 Å². The van der Waals surface area contributed by atoms with Crippen LogP contribution < -0.4 is 0 Å². The summed E-state index contributed by atoms with van der Waals surface area (Å²) in [5.74, 6) is -0.375. The van der Waals surface area contributed by atoms with Crippen LogP contribution in [0.2, 0.25) is 0 Å². The number of hydrogen-bond acceptors (Lipinski definition) is 4. The number of hydrogen-bond donors (Lipinski definition) is 0. The molecule has 0 saturated carbocycles. The molecule has 2 aliphatic heterocycles. The fraction of sp³-hybridized carbons (Fsp3) is 0.364. The van der Waals surface area contributed by atoms with Crippen LogP contribution in [0.15, 0.2) is 53.6 Å². The summed E-state index contributed by atoms with van der Waals surface area (Å²) in [5.41, 5.74) is 3.78. The minimum Gasteiger partial charge on any atom is -0.379 e. The summed E-state index contributed by atoms with van der Waals surface area (Å²) in [4.78, 5) is 15.1. The van der Waals surface area contributed by atoms with Gasteiger partial charge in [0.2, 0.25) is 0 Å². The molecule has 0 bridgehead atoms. The second-order valence-electron chi connectivity index (χ2n) is 7.31. The monoisotopic (exact) mass is 381 g/mol. The molecule has 1 fully saturated rings. The maximum Gasteiger partial charge on any atom is 0.257 e. The molecule has 0 unspecified atom stereocenters. The molecule has 0 aliphatic carbocycles. The van der Waals surface area contributed by atoms with Crippen molar-refractivity contribution in [2.45, 2.75) is 19.4 Å². The molecule has 1 saturated heterocycles. The van der Waals surface area contributed by atoms with Gasteiger partial charge in [-0.05, 0) is 30.2 Å². The highest BCUT2D eigenvalue weighted by molar-refractivity contribution is 6.03. The first kappa shape index (κ1) is 18.8. The standard InChI is InChI=1S/C22H24FN3O2/c1-16-5-7-17(8-6-16)20-14-21(18-3-2-4-19(23)13-18)26(24-20)22(27)15-25-9-11-28-12-10-25/h2-8,13,21H,9-12,14-15H2,1H3/t21-/m1/s1. The number of hydrazone groups is 1. The van der Waals surface area contributed by atoms with Crippen molar-refractivity contribution in [3.05, 3.63) is 71.0 Å². The minimum atomic E-state index is -0.304. The summed E-state index contributed by atoms with van der Waals surface area (Å²) in [5, 5.41) is 6.20. The zero-order valence-corrected chi connectivity index (χ0v) is 16.0. The maximum atomic E-state index is 13.8. The van der Waals surface area contributed by atoms with Crippen LogP contribution in [0.3, 0.4) is 0 Å². The Morgan fingerprint density at radius 2 is 1.93 bits per heavy atom. The van der Waals surface area contributed by atoms with Crippen LogP contribution in [-0.2, 0) is 9.53 Å². The van der Waals surface area contributed by atoms with Gasteiger partial charge in [-0.3, -0.25) is 9.69 Å². The largest absolute Gasteiger partial charge is 0.379 e. The number of amides is 1. The summed E-state index contributed by atoms with van der Waals surface area (Å²) < 4.78 is 19.2. The van der Waals surface area contributed by atoms with Crippen molar-refractivity contribution in [1.29, 1.82) is 0 Å². The Kier molecular flexibility index (Phi) is 5.50. The topological polar surface area (TPSA) is 45.1 Å². The van der Waals surface area contributed by atoms with Crippen molar-refractivity contribution in [2.24, 2.45) is 5.10 Å². The maximum absolute atomic E-state index is 13.8. The van der Waals surface area contributed by atoms with Crippen molar-refractivity contribution < 1.29 is 13.9 Å². The Balaban J connectivity index is 1.60. The van der Waals surface area contributed by atoms with E-state index in [1.54, 1.807) is 11.1 Å². The third kappa shape index (κ3) is 4.13. The Morgan fingerprint density at radius 1 is 1.18 bits per heavy atom. The SMILES string of the molecule is Cc1ccc(C2=NN(C(=O)CN3CCOCC3)[C@@H](c3cccc(F)c3)C2)cc1. The number of rotatable bonds is 4. The van der Waals surface area contributed by atoms with Gasteiger partial charge in [0.1, 0.15) is 5.82 Å². The molecule has 2 aromatic carbocycles. The highest BCUT2D eigenvalue weighted by atomic mass is 19.1. The van der Waals surface area contributed by atoms with Gasteiger partial charge in [0.05, 0.1) is 31.5 Å². The first-order valence-corrected chi connectivity index (χ1v) is 9.62. The normalized spacial score (nSPS) is 20.3. The molecule has 2 aliphatic rings. The average Bonchev–Trinajstić information content (AvgIpc) is 3.15. The van der Waals surface area contributed by atoms with E-state index in [1.165, 1.54) is 17.7 Å². The van der Waals surface area contributed by atoms with Crippen molar-refractivity contribution in [2.75, 3.05) is 32.8 Å². The fourth-order valence-corrected chi connectivity index (χ4v) is 3.66. The number of carbonyl (C=O) groups excluding carboxylic acids is 1. The predicted octanol–water partition coefficient (Wildman–Crippen LogP) is 3.14. The molecule has 0 spiro atoms. The third-order valence-electron chi connectivity index (χ3n) is 5.25. The number of ether oxygens (including phenoxy) is 1. The summed E-state index contributed by atoms with van der Waals surface area (Å²) in [6, 6.07) is 14.3. The Morgan fingerprint density at radius 3 is 2.64 bits per heavy atom. The van der Waals surface area contributed by atoms with E-state index in [1.807, 2.05) is 37.3 Å². The number of halogens is 1. The zero-order chi connectivity index (χ0) is 19.5. The van der Waals surface area contributed by atoms with Gasteiger partial charge in [0, 0.05) is 19.5 Å². The van der Waals surface area contributed by atoms with Crippen molar-refractivity contribution >= 4 is 11.6 Å². The van der Waals surface area contributed by atoms with Crippen LogP contribution >= 0.6 is 0 Å². The zero-order valence-electron chi connectivity index (χ0n) is 16.0. The Bertz CT molecular complexity index is 876. The number of aryl methyl sites for hydroxylation is 1. The molecule has 1 amide bonds. The molecule has 146 valence electrons. The van der Waals surface area contributed by atoms with Crippen molar-refractivity contribution in [1.82, 2.24) is 9.91 Å². The van der Waals surface area contributed by atoms with E-state index in [2.05, 4.69) is 10.0 Å². The molecule has 28 heavy (non-hydrogen) atoms. The van der Waals surface area contributed by atoms with Gasteiger partial charge in [0.15, 0.2) is 0 Å². The van der Waals surface area contributed by atoms with Crippen LogP contribution in [0.5, 0.6) is 0 Å². The molecule has 2 heterocycles. The number of benzene rings is 2. The van der Waals surface area contributed by atoms with E-state index in [-0.39, 0.29) is 17.8 Å². The molecule has 1 atom stereocenters. The van der Waals surface area contributed by atoms with Gasteiger partial charge in [-0.25, -0.2) is 9.40 Å². The Hall–Kier alpha value is -2.57. The number of morpholine rings is 1. The molecule has 4 rings (SSSR count). The van der Waals surface area contributed by atoms with E-state index >= 15 is 0 Å². The summed E-state index contributed by atoms with van der Waals surface area (Å²) >= 11 is 0. The number of carbonyl (C=O) groups is 1. The first-order valence-electron chi connectivity index (χ1n) is 9.62. The van der Waals surface area contributed by atoms with Crippen LogP contribution in [0.4, 0.5) is 4.39 Å². The van der Waals surface area contributed by atoms with E-state index in [9.17, 15) is 9.18 Å². The van der Waals surface area contributed by atoms with E-state index in [0.29, 0.717) is 26.2 Å². The van der Waals surface area contributed by atoms with Crippen LogP contribution in [0.1, 0.15) is 29.2 Å². The van der Waals surface area contributed by atoms with E-state index < -0.39 is 0 Å². The lowest BCUT2D eigenvalue weighted by Crippen LogP contribution is -2.43. The minimum absolute atomic E-state index is 0.0710. The van der Waals surface area contributed by atoms with Crippen molar-refractivity contribution in [3.63, 3.8) is 0 Å². The molecule has 5 nitrogen and oxygen atoms in total. The predicted molar refractivity (Wildman–Crippen MR) is 106 cm³/mol. The van der Waals surface area contributed by atoms with Gasteiger partial charge in [-0.15, -0.1) is 0 Å². The van der Waals surface area contributed by atoms with Gasteiger partial charge < -0.3 is 4.74 Å². The smallest absolute Gasteiger partial charge is 0.257 e. The summed E-state index contributed by atoms with van der Waals surface area (Å²) in [7, 11) is 0. The van der Waals surface area contributed by atoms with Crippen LogP contribution in [0, 0.1) is 12.7 Å². The van der Waals surface area contributed by atoms with E-state index in [0.717, 1.165) is 29.9 Å². The lowest BCUT2D eigenvalue weighted by atomic mass is 9.98. The first-order chi connectivity index (χ1) is 13.6. The molecular weight excluding hydrogens is 357 g/mol. The summed E-state index contributed by atoms with van der Waals surface area (Å²) in [6.45, 7) is 5.07. The highest BCUT2D eigenvalue weighted by Gasteiger charge is 2.34. The van der Waals surface area contributed by atoms with Gasteiger partial charge in [0.25, 0.3) is 5.91 Å². The van der Waals surface area contributed by atoms with E-state index in [4.69, 9.17) is 4.74 Å².